The predicted octanol–water partition coefficient (Wildman–Crippen LogP) is 4.11. The monoisotopic (exact) mass is 315 g/mol. The summed E-state index contributed by atoms with van der Waals surface area (Å²) in [5.41, 5.74) is 2.06. The fourth-order valence-electron chi connectivity index (χ4n) is 2.71. The zero-order valence-corrected chi connectivity index (χ0v) is 13.0. The number of carbonyl (C=O) groups is 1. The van der Waals surface area contributed by atoms with Gasteiger partial charge in [0.25, 0.3) is 0 Å². The minimum absolute atomic E-state index is 0.0240. The molecule has 0 radical (unpaired) electrons. The van der Waals surface area contributed by atoms with E-state index in [1.54, 1.807) is 6.07 Å². The van der Waals surface area contributed by atoms with Gasteiger partial charge in [-0.05, 0) is 42.2 Å². The van der Waals surface area contributed by atoms with E-state index in [0.29, 0.717) is 12.8 Å². The minimum atomic E-state index is -0.254. The van der Waals surface area contributed by atoms with Crippen LogP contribution < -0.4 is 5.32 Å². The molecule has 2 aromatic rings. The van der Waals surface area contributed by atoms with Gasteiger partial charge in [-0.15, -0.1) is 11.8 Å². The van der Waals surface area contributed by atoms with Crippen LogP contribution in [0.1, 0.15) is 30.0 Å². The first kappa shape index (κ1) is 15.1. The van der Waals surface area contributed by atoms with Gasteiger partial charge in [0.05, 0.1) is 6.04 Å². The van der Waals surface area contributed by atoms with Crippen molar-refractivity contribution in [2.24, 2.45) is 0 Å². The van der Waals surface area contributed by atoms with Crippen LogP contribution in [0.2, 0.25) is 0 Å². The third-order valence-corrected chi connectivity index (χ3v) is 4.95. The van der Waals surface area contributed by atoms with Gasteiger partial charge in [-0.3, -0.25) is 4.79 Å². The Balaban J connectivity index is 1.59. The Morgan fingerprint density at radius 3 is 2.95 bits per heavy atom. The summed E-state index contributed by atoms with van der Waals surface area (Å²) in [6, 6.07) is 14.7. The second kappa shape index (κ2) is 6.97. The number of thioether (sulfide) groups is 1. The molecule has 2 nitrogen and oxygen atoms in total. The lowest BCUT2D eigenvalue weighted by Gasteiger charge is -2.25. The Bertz CT molecular complexity index is 674. The number of carbonyl (C=O) groups excluding carboxylic acids is 1. The summed E-state index contributed by atoms with van der Waals surface area (Å²) in [4.78, 5) is 13.4. The van der Waals surface area contributed by atoms with Gasteiger partial charge in [-0.2, -0.15) is 0 Å². The second-order valence-corrected chi connectivity index (χ2v) is 6.56. The van der Waals surface area contributed by atoms with Crippen LogP contribution in [0.4, 0.5) is 4.39 Å². The van der Waals surface area contributed by atoms with Crippen LogP contribution >= 0.6 is 11.8 Å². The first-order chi connectivity index (χ1) is 10.7. The van der Waals surface area contributed by atoms with Crippen molar-refractivity contribution in [3.8, 4) is 0 Å². The lowest BCUT2D eigenvalue weighted by molar-refractivity contribution is -0.121. The highest BCUT2D eigenvalue weighted by Crippen LogP contribution is 2.35. The van der Waals surface area contributed by atoms with Gasteiger partial charge in [-0.25, -0.2) is 4.39 Å². The van der Waals surface area contributed by atoms with Crippen LogP contribution in [-0.2, 0) is 11.2 Å². The third kappa shape index (κ3) is 3.69. The van der Waals surface area contributed by atoms with Crippen LogP contribution in [0.5, 0.6) is 0 Å². The lowest BCUT2D eigenvalue weighted by atomic mass is 10.0. The fourth-order valence-corrected chi connectivity index (χ4v) is 3.83. The van der Waals surface area contributed by atoms with Crippen molar-refractivity contribution in [2.45, 2.75) is 30.2 Å². The maximum absolute atomic E-state index is 13.1. The molecule has 0 fully saturated rings. The average Bonchev–Trinajstić information content (AvgIpc) is 2.53. The molecule has 0 bridgehead atoms. The summed E-state index contributed by atoms with van der Waals surface area (Å²) >= 11 is 1.84. The van der Waals surface area contributed by atoms with Crippen molar-refractivity contribution in [3.05, 3.63) is 65.5 Å². The van der Waals surface area contributed by atoms with E-state index >= 15 is 0 Å². The molecule has 1 heterocycles. The minimum Gasteiger partial charge on any atom is -0.349 e. The van der Waals surface area contributed by atoms with E-state index in [-0.39, 0.29) is 17.8 Å². The van der Waals surface area contributed by atoms with E-state index in [2.05, 4.69) is 17.4 Å². The topological polar surface area (TPSA) is 29.1 Å². The number of nitrogens with one attached hydrogen (secondary N) is 1. The highest BCUT2D eigenvalue weighted by molar-refractivity contribution is 7.99. The van der Waals surface area contributed by atoms with Crippen molar-refractivity contribution in [1.29, 1.82) is 0 Å². The molecule has 0 unspecified atom stereocenters. The summed E-state index contributed by atoms with van der Waals surface area (Å²) in [5.74, 6) is 0.790. The maximum atomic E-state index is 13.1. The van der Waals surface area contributed by atoms with Gasteiger partial charge in [-0.1, -0.05) is 30.3 Å². The summed E-state index contributed by atoms with van der Waals surface area (Å²) in [7, 11) is 0. The van der Waals surface area contributed by atoms with Crippen LogP contribution in [0.15, 0.2) is 53.4 Å². The molecule has 4 heteroatoms. The lowest BCUT2D eigenvalue weighted by Crippen LogP contribution is -2.30. The first-order valence-corrected chi connectivity index (χ1v) is 8.46. The van der Waals surface area contributed by atoms with Gasteiger partial charge in [0.15, 0.2) is 0 Å². The molecular formula is C18H18FNOS. The van der Waals surface area contributed by atoms with Gasteiger partial charge < -0.3 is 5.32 Å². The van der Waals surface area contributed by atoms with E-state index in [9.17, 15) is 9.18 Å². The first-order valence-electron chi connectivity index (χ1n) is 7.48. The van der Waals surface area contributed by atoms with Gasteiger partial charge in [0, 0.05) is 17.1 Å². The quantitative estimate of drug-likeness (QED) is 0.920. The number of aryl methyl sites for hydroxylation is 1. The van der Waals surface area contributed by atoms with E-state index in [4.69, 9.17) is 0 Å². The summed E-state index contributed by atoms with van der Waals surface area (Å²) in [6.07, 6.45) is 1.90. The van der Waals surface area contributed by atoms with Crippen molar-refractivity contribution >= 4 is 17.7 Å². The van der Waals surface area contributed by atoms with Crippen LogP contribution in [0.3, 0.4) is 0 Å². The van der Waals surface area contributed by atoms with Gasteiger partial charge in [0.2, 0.25) is 5.91 Å². The van der Waals surface area contributed by atoms with Gasteiger partial charge in [0.1, 0.15) is 5.82 Å². The molecular weight excluding hydrogens is 297 g/mol. The smallest absolute Gasteiger partial charge is 0.220 e. The molecule has 22 heavy (non-hydrogen) atoms. The molecule has 0 saturated heterocycles. The molecule has 0 aromatic heterocycles. The van der Waals surface area contributed by atoms with Crippen molar-refractivity contribution in [2.75, 3.05) is 5.75 Å². The van der Waals surface area contributed by atoms with E-state index < -0.39 is 0 Å². The zero-order valence-electron chi connectivity index (χ0n) is 12.2. The Morgan fingerprint density at radius 1 is 1.23 bits per heavy atom. The Hall–Kier alpha value is -1.81. The van der Waals surface area contributed by atoms with Crippen molar-refractivity contribution in [1.82, 2.24) is 5.32 Å². The molecule has 1 N–H and O–H groups in total. The predicted molar refractivity (Wildman–Crippen MR) is 87.4 cm³/mol. The standard InChI is InChI=1S/C18H18FNOS/c19-14-5-3-4-13(12-14)8-9-18(21)20-16-10-11-22-17-7-2-1-6-15(16)17/h1-7,12,16H,8-11H2,(H,20,21)/t16-/m0/s1. The average molecular weight is 315 g/mol. The fraction of sp³-hybridized carbons (Fsp3) is 0.278. The van der Waals surface area contributed by atoms with Crippen molar-refractivity contribution in [3.63, 3.8) is 0 Å². The van der Waals surface area contributed by atoms with Crippen LogP contribution in [0, 0.1) is 5.82 Å². The molecule has 3 rings (SSSR count). The van der Waals surface area contributed by atoms with Crippen LogP contribution in [-0.4, -0.2) is 11.7 Å². The Labute approximate surface area is 134 Å². The number of halogens is 1. The van der Waals surface area contributed by atoms with Gasteiger partial charge >= 0.3 is 0 Å². The summed E-state index contributed by atoms with van der Waals surface area (Å²) in [5, 5.41) is 3.11. The maximum Gasteiger partial charge on any atom is 0.220 e. The highest BCUT2D eigenvalue weighted by atomic mass is 32.2. The SMILES string of the molecule is O=C(CCc1cccc(F)c1)N[C@H]1CCSc2ccccc21. The van der Waals surface area contributed by atoms with E-state index in [1.165, 1.54) is 22.6 Å². The van der Waals surface area contributed by atoms with Crippen LogP contribution in [0.25, 0.3) is 0 Å². The highest BCUT2D eigenvalue weighted by Gasteiger charge is 2.21. The number of amides is 1. The molecule has 1 aliphatic rings. The zero-order chi connectivity index (χ0) is 15.4. The Kier molecular flexibility index (Phi) is 4.78. The summed E-state index contributed by atoms with van der Waals surface area (Å²) in [6.45, 7) is 0. The van der Waals surface area contributed by atoms with E-state index in [1.807, 2.05) is 30.0 Å². The molecule has 0 saturated carbocycles. The molecule has 1 atom stereocenters. The normalized spacial score (nSPS) is 16.9. The van der Waals surface area contributed by atoms with E-state index in [0.717, 1.165) is 17.7 Å². The van der Waals surface area contributed by atoms with Crippen molar-refractivity contribution < 1.29 is 9.18 Å². The molecule has 0 spiro atoms. The molecule has 1 aliphatic heterocycles. The largest absolute Gasteiger partial charge is 0.349 e. The summed E-state index contributed by atoms with van der Waals surface area (Å²) < 4.78 is 13.1. The number of benzene rings is 2. The molecule has 0 aliphatic carbocycles. The molecule has 114 valence electrons. The number of rotatable bonds is 4. The number of hydrogen-bond donors (Lipinski definition) is 1. The second-order valence-electron chi connectivity index (χ2n) is 5.42. The number of fused-ring (bicyclic) bond motifs is 1. The molecule has 2 aromatic carbocycles. The number of hydrogen-bond acceptors (Lipinski definition) is 2. The molecule has 1 amide bonds. The third-order valence-electron chi connectivity index (χ3n) is 3.82. The Morgan fingerprint density at radius 2 is 2.09 bits per heavy atom.